The third-order valence-electron chi connectivity index (χ3n) is 5.50. The molecule has 0 unspecified atom stereocenters. The predicted molar refractivity (Wildman–Crippen MR) is 119 cm³/mol. The Morgan fingerprint density at radius 2 is 0.750 bits per heavy atom. The van der Waals surface area contributed by atoms with Crippen LogP contribution in [-0.2, 0) is 0 Å². The van der Waals surface area contributed by atoms with Crippen LogP contribution >= 0.6 is 0 Å². The lowest BCUT2D eigenvalue weighted by Crippen LogP contribution is -2.34. The maximum atomic E-state index is 2.55. The molecule has 2 heteroatoms. The van der Waals surface area contributed by atoms with Crippen molar-refractivity contribution in [1.82, 2.24) is 0 Å². The fourth-order valence-corrected chi connectivity index (χ4v) is 10.8. The van der Waals surface area contributed by atoms with Crippen LogP contribution < -0.4 is 10.4 Å². The van der Waals surface area contributed by atoms with E-state index >= 15 is 0 Å². The summed E-state index contributed by atoms with van der Waals surface area (Å²) in [5.74, 6) is 0. The summed E-state index contributed by atoms with van der Waals surface area (Å²) in [7, 11) is -1.42. The maximum absolute atomic E-state index is 2.55. The maximum Gasteiger partial charge on any atom is 0.0708 e. The second-order valence-electron chi connectivity index (χ2n) is 7.63. The molecule has 0 atom stereocenters. The molecular formula is C22H42Si2. The molecule has 0 amide bonds. The molecule has 0 saturated heterocycles. The normalized spacial score (nSPS) is 11.6. The Bertz CT molecular complexity index is 344. The van der Waals surface area contributed by atoms with Crippen LogP contribution in [0.15, 0.2) is 24.3 Å². The molecule has 0 spiro atoms. The molecule has 0 saturated carbocycles. The van der Waals surface area contributed by atoms with Crippen molar-refractivity contribution in [2.45, 2.75) is 103 Å². The first-order chi connectivity index (χ1) is 11.8. The quantitative estimate of drug-likeness (QED) is 0.369. The fourth-order valence-electron chi connectivity index (χ4n) is 3.80. The Morgan fingerprint density at radius 3 is 0.958 bits per heavy atom. The van der Waals surface area contributed by atoms with Gasteiger partial charge >= 0.3 is 0 Å². The van der Waals surface area contributed by atoms with Gasteiger partial charge < -0.3 is 0 Å². The van der Waals surface area contributed by atoms with E-state index in [1.807, 2.05) is 0 Å². The van der Waals surface area contributed by atoms with Crippen LogP contribution in [0.25, 0.3) is 0 Å². The monoisotopic (exact) mass is 362 g/mol. The average molecular weight is 363 g/mol. The van der Waals surface area contributed by atoms with Crippen molar-refractivity contribution in [3.8, 4) is 0 Å². The zero-order valence-corrected chi connectivity index (χ0v) is 19.3. The zero-order valence-electron chi connectivity index (χ0n) is 16.9. The highest BCUT2D eigenvalue weighted by molar-refractivity contribution is 6.75. The van der Waals surface area contributed by atoms with E-state index in [9.17, 15) is 0 Å². The van der Waals surface area contributed by atoms with Crippen LogP contribution in [0.4, 0.5) is 0 Å². The lowest BCUT2D eigenvalue weighted by Gasteiger charge is -2.19. The molecule has 0 aliphatic carbocycles. The molecule has 24 heavy (non-hydrogen) atoms. The smallest absolute Gasteiger partial charge is 0.0654 e. The van der Waals surface area contributed by atoms with Gasteiger partial charge in [0.15, 0.2) is 0 Å². The average Bonchev–Trinajstić information content (AvgIpc) is 2.62. The molecule has 0 aliphatic heterocycles. The summed E-state index contributed by atoms with van der Waals surface area (Å²) in [6, 6.07) is 16.3. The van der Waals surface area contributed by atoms with Gasteiger partial charge in [-0.2, -0.15) is 0 Å². The lowest BCUT2D eigenvalue weighted by atomic mass is 10.3. The highest BCUT2D eigenvalue weighted by atomic mass is 28.3. The summed E-state index contributed by atoms with van der Waals surface area (Å²) in [5.41, 5.74) is 0. The van der Waals surface area contributed by atoms with Crippen LogP contribution in [0.5, 0.6) is 0 Å². The van der Waals surface area contributed by atoms with Crippen molar-refractivity contribution in [3.63, 3.8) is 0 Å². The van der Waals surface area contributed by atoms with Crippen LogP contribution in [-0.4, -0.2) is 17.6 Å². The molecular weight excluding hydrogens is 320 g/mol. The van der Waals surface area contributed by atoms with Crippen molar-refractivity contribution >= 4 is 28.0 Å². The van der Waals surface area contributed by atoms with E-state index in [1.165, 1.54) is 75.5 Å². The number of unbranched alkanes of at least 4 members (excludes halogenated alkanes) is 4. The molecule has 0 fully saturated rings. The van der Waals surface area contributed by atoms with Gasteiger partial charge in [-0.1, -0.05) is 138 Å². The van der Waals surface area contributed by atoms with E-state index < -0.39 is 17.6 Å². The fraction of sp³-hybridized carbons (Fsp3) is 0.727. The minimum absolute atomic E-state index is 0.708. The number of hydrogen-bond acceptors (Lipinski definition) is 0. The molecule has 0 nitrogen and oxygen atoms in total. The first-order valence-corrected chi connectivity index (χ1v) is 15.3. The molecule has 138 valence electrons. The molecule has 0 aromatic heterocycles. The summed E-state index contributed by atoms with van der Waals surface area (Å²) in [6.45, 7) is 9.36. The highest BCUT2D eigenvalue weighted by Gasteiger charge is 2.16. The van der Waals surface area contributed by atoms with E-state index in [-0.39, 0.29) is 0 Å². The van der Waals surface area contributed by atoms with Crippen molar-refractivity contribution in [1.29, 1.82) is 0 Å². The van der Waals surface area contributed by atoms with Crippen molar-refractivity contribution in [3.05, 3.63) is 24.3 Å². The third-order valence-corrected chi connectivity index (χ3v) is 12.6. The summed E-state index contributed by atoms with van der Waals surface area (Å²) in [5, 5.41) is 3.50. The molecule has 0 heterocycles. The minimum atomic E-state index is -0.708. The van der Waals surface area contributed by atoms with Gasteiger partial charge in [-0.25, -0.2) is 0 Å². The van der Waals surface area contributed by atoms with Gasteiger partial charge in [0, 0.05) is 0 Å². The van der Waals surface area contributed by atoms with Gasteiger partial charge in [-0.15, -0.1) is 0 Å². The third kappa shape index (κ3) is 8.16. The van der Waals surface area contributed by atoms with Gasteiger partial charge in [0.05, 0.1) is 17.6 Å². The van der Waals surface area contributed by atoms with Gasteiger partial charge in [-0.3, -0.25) is 0 Å². The highest BCUT2D eigenvalue weighted by Crippen LogP contribution is 2.12. The molecule has 0 radical (unpaired) electrons. The van der Waals surface area contributed by atoms with Gasteiger partial charge in [-0.05, 0) is 0 Å². The Labute approximate surface area is 155 Å². The number of hydrogen-bond donors (Lipinski definition) is 0. The Morgan fingerprint density at radius 1 is 0.500 bits per heavy atom. The summed E-state index contributed by atoms with van der Waals surface area (Å²) >= 11 is 0. The SMILES string of the molecule is CCCC[SiH](CCCC)c1ccc([SiH](CCCC)CCCC)cc1. The number of rotatable bonds is 14. The van der Waals surface area contributed by atoms with Crippen molar-refractivity contribution in [2.24, 2.45) is 0 Å². The van der Waals surface area contributed by atoms with Crippen LogP contribution in [0.3, 0.4) is 0 Å². The Hall–Kier alpha value is -0.346. The second kappa shape index (κ2) is 13.9. The molecule has 0 aliphatic rings. The van der Waals surface area contributed by atoms with Gasteiger partial charge in [0.25, 0.3) is 0 Å². The van der Waals surface area contributed by atoms with Crippen molar-refractivity contribution in [2.75, 3.05) is 0 Å². The van der Waals surface area contributed by atoms with Crippen molar-refractivity contribution < 1.29 is 0 Å². The van der Waals surface area contributed by atoms with Crippen LogP contribution in [0, 0.1) is 0 Å². The van der Waals surface area contributed by atoms with E-state index in [4.69, 9.17) is 0 Å². The molecule has 0 bridgehead atoms. The first kappa shape index (κ1) is 21.7. The summed E-state index contributed by atoms with van der Waals surface area (Å²) < 4.78 is 0. The second-order valence-corrected chi connectivity index (χ2v) is 14.1. The van der Waals surface area contributed by atoms with Gasteiger partial charge in [0.2, 0.25) is 0 Å². The predicted octanol–water partition coefficient (Wildman–Crippen LogP) is 5.76. The first-order valence-electron chi connectivity index (χ1n) is 10.9. The largest absolute Gasteiger partial charge is 0.0708 e. The van der Waals surface area contributed by atoms with E-state index in [2.05, 4.69) is 52.0 Å². The molecule has 0 N–H and O–H groups in total. The van der Waals surface area contributed by atoms with Crippen LogP contribution in [0.2, 0.25) is 24.2 Å². The minimum Gasteiger partial charge on any atom is -0.0654 e. The molecule has 1 rings (SSSR count). The van der Waals surface area contributed by atoms with E-state index in [0.717, 1.165) is 0 Å². The number of benzene rings is 1. The zero-order chi connectivity index (χ0) is 17.6. The van der Waals surface area contributed by atoms with E-state index in [0.29, 0.717) is 0 Å². The summed E-state index contributed by atoms with van der Waals surface area (Å²) in [4.78, 5) is 0. The lowest BCUT2D eigenvalue weighted by molar-refractivity contribution is 0.845. The molecule has 1 aromatic rings. The Balaban J connectivity index is 2.77. The Kier molecular flexibility index (Phi) is 12.6. The van der Waals surface area contributed by atoms with Crippen LogP contribution in [0.1, 0.15) is 79.1 Å². The van der Waals surface area contributed by atoms with E-state index in [1.54, 1.807) is 10.4 Å². The summed E-state index contributed by atoms with van der Waals surface area (Å²) in [6.07, 6.45) is 11.2. The van der Waals surface area contributed by atoms with Gasteiger partial charge in [0.1, 0.15) is 0 Å². The molecule has 1 aromatic carbocycles. The topological polar surface area (TPSA) is 0 Å². The standard InChI is InChI=1S/C22H42Si2/c1-5-9-17-23(18-10-6-2)21-13-15-22(16-14-21)24(19-11-7-3)20-12-8-4/h13-16,23-24H,5-12,17-20H2,1-4H3.